The van der Waals surface area contributed by atoms with Gasteiger partial charge in [0, 0.05) is 5.56 Å². The van der Waals surface area contributed by atoms with E-state index in [2.05, 4.69) is 5.10 Å². The number of alkyl halides is 3. The molecule has 0 radical (unpaired) electrons. The van der Waals surface area contributed by atoms with Crippen molar-refractivity contribution in [3.05, 3.63) is 64.8 Å². The fourth-order valence-corrected chi connectivity index (χ4v) is 2.60. The highest BCUT2D eigenvalue weighted by Crippen LogP contribution is 2.35. The third-order valence-corrected chi connectivity index (χ3v) is 3.91. The van der Waals surface area contributed by atoms with Gasteiger partial charge in [-0.2, -0.15) is 18.3 Å². The second-order valence-corrected chi connectivity index (χ2v) is 5.70. The van der Waals surface area contributed by atoms with Crippen LogP contribution in [0.2, 0.25) is 5.02 Å². The van der Waals surface area contributed by atoms with E-state index in [4.69, 9.17) is 16.7 Å². The van der Waals surface area contributed by atoms with Crippen LogP contribution in [0.4, 0.5) is 13.2 Å². The summed E-state index contributed by atoms with van der Waals surface area (Å²) >= 11 is 6.06. The molecule has 26 heavy (non-hydrogen) atoms. The summed E-state index contributed by atoms with van der Waals surface area (Å²) in [6.45, 7) is 0. The summed E-state index contributed by atoms with van der Waals surface area (Å²) < 4.78 is 40.4. The van der Waals surface area contributed by atoms with Crippen molar-refractivity contribution < 1.29 is 28.2 Å². The predicted molar refractivity (Wildman–Crippen MR) is 85.4 cm³/mol. The Morgan fingerprint density at radius 3 is 2.46 bits per heavy atom. The molecule has 0 amide bonds. The maximum absolute atomic E-state index is 13.1. The molecule has 0 saturated carbocycles. The zero-order valence-electron chi connectivity index (χ0n) is 12.8. The summed E-state index contributed by atoms with van der Waals surface area (Å²) in [5, 5.41) is 24.4. The smallest absolute Gasteiger partial charge is 0.435 e. The molecule has 9 heteroatoms. The molecule has 2 aromatic carbocycles. The summed E-state index contributed by atoms with van der Waals surface area (Å²) in [5.74, 6) is -2.22. The van der Waals surface area contributed by atoms with Crippen LogP contribution in [0.3, 0.4) is 0 Å². The highest BCUT2D eigenvalue weighted by Gasteiger charge is 2.35. The van der Waals surface area contributed by atoms with Gasteiger partial charge in [0.15, 0.2) is 5.69 Å². The molecule has 0 unspecified atom stereocenters. The molecular weight excluding hydrogens is 373 g/mol. The lowest BCUT2D eigenvalue weighted by atomic mass is 10.1. The first kappa shape index (κ1) is 17.8. The van der Waals surface area contributed by atoms with Crippen molar-refractivity contribution in [2.45, 2.75) is 6.18 Å². The maximum atomic E-state index is 13.1. The van der Waals surface area contributed by atoms with Gasteiger partial charge in [-0.3, -0.25) is 0 Å². The molecule has 0 aliphatic carbocycles. The fraction of sp³-hybridized carbons (Fsp3) is 0.0588. The molecule has 5 nitrogen and oxygen atoms in total. The normalized spacial score (nSPS) is 11.5. The number of hydrogen-bond donors (Lipinski definition) is 1. The van der Waals surface area contributed by atoms with E-state index in [-0.39, 0.29) is 22.0 Å². The van der Waals surface area contributed by atoms with Crippen LogP contribution in [0.5, 0.6) is 5.75 Å². The molecule has 1 aromatic heterocycles. The van der Waals surface area contributed by atoms with Crippen LogP contribution < -0.4 is 5.11 Å². The number of carboxylic acid groups (broad SMARTS) is 1. The molecule has 0 bridgehead atoms. The molecule has 0 saturated heterocycles. The zero-order valence-corrected chi connectivity index (χ0v) is 13.5. The number of carbonyl (C=O) groups is 1. The minimum Gasteiger partial charge on any atom is -0.872 e. The summed E-state index contributed by atoms with van der Waals surface area (Å²) in [5.41, 5.74) is -1.50. The van der Waals surface area contributed by atoms with Crippen LogP contribution in [-0.2, 0) is 6.18 Å². The van der Waals surface area contributed by atoms with Crippen LogP contribution in [0.25, 0.3) is 16.9 Å². The van der Waals surface area contributed by atoms with Gasteiger partial charge < -0.3 is 10.2 Å². The zero-order chi connectivity index (χ0) is 19.1. The van der Waals surface area contributed by atoms with Crippen LogP contribution in [0.1, 0.15) is 16.1 Å². The number of rotatable bonds is 3. The largest absolute Gasteiger partial charge is 0.872 e. The molecule has 3 aromatic rings. The minimum atomic E-state index is -4.71. The van der Waals surface area contributed by atoms with E-state index in [9.17, 15) is 23.1 Å². The van der Waals surface area contributed by atoms with Crippen molar-refractivity contribution in [3.63, 3.8) is 0 Å². The maximum Gasteiger partial charge on any atom is 0.435 e. The Bertz CT molecular complexity index is 999. The third-order valence-electron chi connectivity index (χ3n) is 3.59. The van der Waals surface area contributed by atoms with E-state index in [0.29, 0.717) is 0 Å². The number of hydrogen-bond acceptors (Lipinski definition) is 3. The van der Waals surface area contributed by atoms with Crippen LogP contribution in [-0.4, -0.2) is 20.9 Å². The Morgan fingerprint density at radius 2 is 1.85 bits per heavy atom. The number of halogens is 4. The van der Waals surface area contributed by atoms with Crippen molar-refractivity contribution in [1.29, 1.82) is 0 Å². The molecule has 0 aliphatic heterocycles. The summed E-state index contributed by atoms with van der Waals surface area (Å²) in [7, 11) is 0. The fourth-order valence-electron chi connectivity index (χ4n) is 2.39. The molecule has 3 rings (SSSR count). The number of aromatic nitrogens is 2. The van der Waals surface area contributed by atoms with Crippen molar-refractivity contribution in [3.8, 4) is 22.7 Å². The number of carboxylic acids is 1. The van der Waals surface area contributed by atoms with E-state index < -0.39 is 29.2 Å². The van der Waals surface area contributed by atoms with E-state index >= 15 is 0 Å². The van der Waals surface area contributed by atoms with Crippen molar-refractivity contribution in [1.82, 2.24) is 9.78 Å². The van der Waals surface area contributed by atoms with E-state index in [1.807, 2.05) is 0 Å². The Balaban J connectivity index is 2.27. The van der Waals surface area contributed by atoms with Gasteiger partial charge in [-0.25, -0.2) is 9.48 Å². The van der Waals surface area contributed by atoms with Gasteiger partial charge in [-0.1, -0.05) is 41.6 Å². The van der Waals surface area contributed by atoms with Gasteiger partial charge in [0.1, 0.15) is 0 Å². The Morgan fingerprint density at radius 1 is 1.15 bits per heavy atom. The molecule has 0 atom stereocenters. The lowest BCUT2D eigenvalue weighted by Gasteiger charge is -2.13. The van der Waals surface area contributed by atoms with Gasteiger partial charge in [0.2, 0.25) is 0 Å². The molecule has 0 aliphatic rings. The van der Waals surface area contributed by atoms with E-state index in [1.165, 1.54) is 18.2 Å². The van der Waals surface area contributed by atoms with Crippen molar-refractivity contribution >= 4 is 17.6 Å². The lowest BCUT2D eigenvalue weighted by Crippen LogP contribution is -2.07. The number of nitrogens with zero attached hydrogens (tertiary/aromatic N) is 2. The lowest BCUT2D eigenvalue weighted by molar-refractivity contribution is -0.268. The van der Waals surface area contributed by atoms with E-state index in [1.54, 1.807) is 12.1 Å². The van der Waals surface area contributed by atoms with Gasteiger partial charge in [-0.15, -0.1) is 0 Å². The third kappa shape index (κ3) is 3.23. The average molecular weight is 382 g/mol. The Labute approximate surface area is 149 Å². The summed E-state index contributed by atoms with van der Waals surface area (Å²) in [6, 6.07) is 10.1. The van der Waals surface area contributed by atoms with Crippen molar-refractivity contribution in [2.75, 3.05) is 0 Å². The average Bonchev–Trinajstić information content (AvgIpc) is 3.01. The first-order valence-corrected chi connectivity index (χ1v) is 7.53. The number of aromatic carboxylic acids is 1. The standard InChI is InChI=1S/C17H10ClF3N2O3/c18-11-3-1-2-4-12(11)23-13(8-15(22-23)17(19,20)21)9-5-6-14(24)10(7-9)16(25)26/h1-8,24H,(H,25,26)/p-1. The minimum absolute atomic E-state index is 0.0482. The molecule has 0 spiro atoms. The van der Waals surface area contributed by atoms with Gasteiger partial charge in [0.25, 0.3) is 0 Å². The monoisotopic (exact) mass is 381 g/mol. The highest BCUT2D eigenvalue weighted by molar-refractivity contribution is 6.32. The Kier molecular flexibility index (Phi) is 4.37. The number of benzene rings is 2. The quantitative estimate of drug-likeness (QED) is 0.744. The topological polar surface area (TPSA) is 78.2 Å². The number of para-hydroxylation sites is 1. The van der Waals surface area contributed by atoms with Crippen LogP contribution in [0.15, 0.2) is 48.5 Å². The SMILES string of the molecule is O=C(O)c1cc(-c2cc(C(F)(F)F)nn2-c2ccccc2Cl)ccc1[O-]. The summed E-state index contributed by atoms with van der Waals surface area (Å²) in [4.78, 5) is 11.2. The first-order chi connectivity index (χ1) is 12.2. The van der Waals surface area contributed by atoms with Crippen molar-refractivity contribution in [2.24, 2.45) is 0 Å². The van der Waals surface area contributed by atoms with Crippen LogP contribution in [0, 0.1) is 0 Å². The van der Waals surface area contributed by atoms with Crippen LogP contribution >= 0.6 is 11.6 Å². The van der Waals surface area contributed by atoms with Gasteiger partial charge >= 0.3 is 12.1 Å². The predicted octanol–water partition coefficient (Wildman–Crippen LogP) is 3.98. The first-order valence-electron chi connectivity index (χ1n) is 7.15. The Hall–Kier alpha value is -3.00. The molecule has 134 valence electrons. The molecular formula is C17H9ClF3N2O3-. The van der Waals surface area contributed by atoms with Gasteiger partial charge in [0.05, 0.1) is 22.0 Å². The molecule has 0 fully saturated rings. The molecule has 1 N–H and O–H groups in total. The molecule has 1 heterocycles. The second kappa shape index (κ2) is 6.38. The highest BCUT2D eigenvalue weighted by atomic mass is 35.5. The van der Waals surface area contributed by atoms with Gasteiger partial charge in [-0.05, 0) is 24.3 Å². The van der Waals surface area contributed by atoms with E-state index in [0.717, 1.165) is 22.9 Å². The summed E-state index contributed by atoms with van der Waals surface area (Å²) in [6.07, 6.45) is -4.71. The second-order valence-electron chi connectivity index (χ2n) is 5.29.